The molecule has 0 heterocycles. The van der Waals surface area contributed by atoms with Gasteiger partial charge in [-0.25, -0.2) is 4.79 Å². The molecule has 3 nitrogen and oxygen atoms in total. The predicted octanol–water partition coefficient (Wildman–Crippen LogP) is 3.27. The Balaban J connectivity index is 2.88. The minimum atomic E-state index is -0.991. The molecule has 76 valence electrons. The third-order valence-corrected chi connectivity index (χ3v) is 6.86. The zero-order valence-electron chi connectivity index (χ0n) is 6.85. The van der Waals surface area contributed by atoms with E-state index in [2.05, 4.69) is 73.1 Å². The molecule has 0 bridgehead atoms. The fraction of sp³-hybridized carbons (Fsp3) is 0.125. The van der Waals surface area contributed by atoms with E-state index >= 15 is 0 Å². The van der Waals surface area contributed by atoms with Gasteiger partial charge in [-0.05, 0) is 79.4 Å². The average Bonchev–Trinajstić information content (AvgIpc) is 2.13. The SMILES string of the molecule is O=C(O)NCc1ccc(I)c(I)c1I. The third kappa shape index (κ3) is 3.36. The molecule has 0 fully saturated rings. The molecule has 0 saturated heterocycles. The highest BCUT2D eigenvalue weighted by Crippen LogP contribution is 2.24. The van der Waals surface area contributed by atoms with E-state index in [1.165, 1.54) is 7.14 Å². The lowest BCUT2D eigenvalue weighted by Gasteiger charge is -2.07. The van der Waals surface area contributed by atoms with Gasteiger partial charge in [0.15, 0.2) is 0 Å². The van der Waals surface area contributed by atoms with Crippen LogP contribution in [-0.2, 0) is 6.54 Å². The first-order valence-corrected chi connectivity index (χ1v) is 6.85. The predicted molar refractivity (Wildman–Crippen MR) is 79.5 cm³/mol. The summed E-state index contributed by atoms with van der Waals surface area (Å²) in [6.07, 6.45) is -0.991. The maximum Gasteiger partial charge on any atom is 0.404 e. The van der Waals surface area contributed by atoms with Gasteiger partial charge in [0.25, 0.3) is 0 Å². The van der Waals surface area contributed by atoms with Crippen molar-refractivity contribution in [2.24, 2.45) is 0 Å². The molecule has 0 aliphatic carbocycles. The van der Waals surface area contributed by atoms with Crippen molar-refractivity contribution < 1.29 is 9.90 Å². The number of hydrogen-bond acceptors (Lipinski definition) is 1. The zero-order valence-corrected chi connectivity index (χ0v) is 13.3. The van der Waals surface area contributed by atoms with Crippen molar-refractivity contribution in [1.29, 1.82) is 0 Å². The molecule has 14 heavy (non-hydrogen) atoms. The van der Waals surface area contributed by atoms with Crippen LogP contribution >= 0.6 is 67.8 Å². The fourth-order valence-electron chi connectivity index (χ4n) is 0.873. The van der Waals surface area contributed by atoms with Crippen LogP contribution in [0, 0.1) is 10.7 Å². The molecule has 1 aromatic rings. The van der Waals surface area contributed by atoms with Gasteiger partial charge in [-0.3, -0.25) is 0 Å². The Morgan fingerprint density at radius 3 is 2.50 bits per heavy atom. The van der Waals surface area contributed by atoms with E-state index in [0.717, 1.165) is 9.13 Å². The topological polar surface area (TPSA) is 49.3 Å². The van der Waals surface area contributed by atoms with Gasteiger partial charge in [0.1, 0.15) is 0 Å². The molecule has 0 aliphatic rings. The summed E-state index contributed by atoms with van der Waals surface area (Å²) >= 11 is 6.75. The van der Waals surface area contributed by atoms with Gasteiger partial charge in [-0.1, -0.05) is 6.07 Å². The van der Waals surface area contributed by atoms with E-state index in [-0.39, 0.29) is 0 Å². The molecule has 1 amide bonds. The molecule has 6 heteroatoms. The number of carbonyl (C=O) groups is 1. The number of halogens is 3. The number of nitrogens with one attached hydrogen (secondary N) is 1. The van der Waals surface area contributed by atoms with Crippen molar-refractivity contribution in [2.75, 3.05) is 0 Å². The van der Waals surface area contributed by atoms with Crippen molar-refractivity contribution >= 4 is 73.9 Å². The lowest BCUT2D eigenvalue weighted by atomic mass is 10.2. The molecule has 0 radical (unpaired) electrons. The second kappa shape index (κ2) is 5.68. The summed E-state index contributed by atoms with van der Waals surface area (Å²) in [5, 5.41) is 10.8. The lowest BCUT2D eigenvalue weighted by Crippen LogP contribution is -2.20. The van der Waals surface area contributed by atoms with Gasteiger partial charge in [-0.15, -0.1) is 0 Å². The van der Waals surface area contributed by atoms with E-state index in [4.69, 9.17) is 5.11 Å². The maximum absolute atomic E-state index is 10.3. The number of carboxylic acid groups (broad SMARTS) is 1. The molecular formula is C8H6I3NO2. The first-order valence-electron chi connectivity index (χ1n) is 3.61. The van der Waals surface area contributed by atoms with Crippen LogP contribution in [0.15, 0.2) is 12.1 Å². The van der Waals surface area contributed by atoms with Crippen LogP contribution in [0.2, 0.25) is 0 Å². The molecule has 0 saturated carbocycles. The Morgan fingerprint density at radius 2 is 1.93 bits per heavy atom. The van der Waals surface area contributed by atoms with Crippen molar-refractivity contribution in [2.45, 2.75) is 6.54 Å². The minimum Gasteiger partial charge on any atom is -0.465 e. The van der Waals surface area contributed by atoms with Gasteiger partial charge < -0.3 is 10.4 Å². The number of hydrogen-bond donors (Lipinski definition) is 2. The molecule has 0 aliphatic heterocycles. The van der Waals surface area contributed by atoms with Crippen LogP contribution in [0.25, 0.3) is 0 Å². The van der Waals surface area contributed by atoms with Gasteiger partial charge in [0.05, 0.1) is 0 Å². The largest absolute Gasteiger partial charge is 0.465 e. The van der Waals surface area contributed by atoms with Crippen LogP contribution in [-0.4, -0.2) is 11.2 Å². The molecule has 0 aromatic heterocycles. The second-order valence-corrected chi connectivity index (χ2v) is 5.81. The summed E-state index contributed by atoms with van der Waals surface area (Å²) in [5.74, 6) is 0. The molecule has 0 atom stereocenters. The molecule has 2 N–H and O–H groups in total. The summed E-state index contributed by atoms with van der Waals surface area (Å²) in [6.45, 7) is 0.362. The normalized spacial score (nSPS) is 9.93. The van der Waals surface area contributed by atoms with Gasteiger partial charge >= 0.3 is 6.09 Å². The Hall–Kier alpha value is 0.680. The Kier molecular flexibility index (Phi) is 5.17. The van der Waals surface area contributed by atoms with E-state index in [0.29, 0.717) is 6.54 Å². The van der Waals surface area contributed by atoms with Crippen molar-refractivity contribution in [3.8, 4) is 0 Å². The van der Waals surface area contributed by atoms with E-state index < -0.39 is 6.09 Å². The smallest absolute Gasteiger partial charge is 0.404 e. The fourth-order valence-corrected chi connectivity index (χ4v) is 3.03. The van der Waals surface area contributed by atoms with Crippen molar-refractivity contribution in [3.63, 3.8) is 0 Å². The zero-order chi connectivity index (χ0) is 10.7. The molecule has 1 aromatic carbocycles. The number of amides is 1. The van der Waals surface area contributed by atoms with Crippen LogP contribution < -0.4 is 5.32 Å². The first-order chi connectivity index (χ1) is 6.52. The highest BCUT2D eigenvalue weighted by Gasteiger charge is 2.07. The summed E-state index contributed by atoms with van der Waals surface area (Å²) < 4.78 is 3.48. The highest BCUT2D eigenvalue weighted by molar-refractivity contribution is 14.1. The Bertz CT molecular complexity index is 368. The quantitative estimate of drug-likeness (QED) is 0.457. The molecular weight excluding hydrogens is 523 g/mol. The maximum atomic E-state index is 10.3. The summed E-state index contributed by atoms with van der Waals surface area (Å²) in [7, 11) is 0. The Labute approximate surface area is 122 Å². The number of rotatable bonds is 2. The van der Waals surface area contributed by atoms with E-state index in [1.807, 2.05) is 12.1 Å². The van der Waals surface area contributed by atoms with Crippen LogP contribution in [0.3, 0.4) is 0 Å². The van der Waals surface area contributed by atoms with Gasteiger partial charge in [0, 0.05) is 17.3 Å². The number of benzene rings is 1. The Morgan fingerprint density at radius 1 is 1.29 bits per heavy atom. The average molecular weight is 529 g/mol. The second-order valence-electron chi connectivity index (χ2n) is 2.49. The summed E-state index contributed by atoms with van der Waals surface area (Å²) in [5.41, 5.74) is 1.01. The minimum absolute atomic E-state index is 0.362. The third-order valence-electron chi connectivity index (χ3n) is 1.55. The standard InChI is InChI=1S/C8H6I3NO2/c9-5-2-1-4(3-12-8(13)14)6(10)7(5)11/h1-2,12H,3H2,(H,13,14). The van der Waals surface area contributed by atoms with E-state index in [1.54, 1.807) is 0 Å². The van der Waals surface area contributed by atoms with Crippen LogP contribution in [0.4, 0.5) is 4.79 Å². The molecule has 1 rings (SSSR count). The summed E-state index contributed by atoms with van der Waals surface area (Å²) in [6, 6.07) is 3.94. The van der Waals surface area contributed by atoms with Crippen molar-refractivity contribution in [1.82, 2.24) is 5.32 Å². The van der Waals surface area contributed by atoms with Crippen LogP contribution in [0.1, 0.15) is 5.56 Å². The van der Waals surface area contributed by atoms with Crippen LogP contribution in [0.5, 0.6) is 0 Å². The van der Waals surface area contributed by atoms with Crippen molar-refractivity contribution in [3.05, 3.63) is 28.4 Å². The van der Waals surface area contributed by atoms with E-state index in [9.17, 15) is 4.79 Å². The lowest BCUT2D eigenvalue weighted by molar-refractivity contribution is 0.194. The monoisotopic (exact) mass is 529 g/mol. The molecule has 0 unspecified atom stereocenters. The molecule has 0 spiro atoms. The first kappa shape index (κ1) is 12.7. The summed E-state index contributed by atoms with van der Waals surface area (Å²) in [4.78, 5) is 10.3. The highest BCUT2D eigenvalue weighted by atomic mass is 127. The van der Waals surface area contributed by atoms with Gasteiger partial charge in [-0.2, -0.15) is 0 Å². The van der Waals surface area contributed by atoms with Gasteiger partial charge in [0.2, 0.25) is 0 Å².